The van der Waals surface area contributed by atoms with E-state index in [4.69, 9.17) is 4.52 Å². The largest absolute Gasteiger partial charge is 0.769 e. The summed E-state index contributed by atoms with van der Waals surface area (Å²) in [5.74, 6) is 0.349. The molecule has 2 rings (SSSR count). The molecule has 0 aromatic heterocycles. The van der Waals surface area contributed by atoms with Crippen molar-refractivity contribution >= 4 is 7.60 Å². The Kier molecular flexibility index (Phi) is 3.62. The first-order valence-corrected chi connectivity index (χ1v) is 6.97. The van der Waals surface area contributed by atoms with Crippen LogP contribution in [0.5, 0.6) is 5.75 Å². The molecule has 88 valence electrons. The highest BCUT2D eigenvalue weighted by Gasteiger charge is 2.10. The normalized spacial score (nSPS) is 13.9. The van der Waals surface area contributed by atoms with Gasteiger partial charge in [0.1, 0.15) is 5.75 Å². The second kappa shape index (κ2) is 5.17. The van der Waals surface area contributed by atoms with Crippen LogP contribution in [-0.4, -0.2) is 0 Å². The summed E-state index contributed by atoms with van der Waals surface area (Å²) in [5.41, 5.74) is 0.724. The van der Waals surface area contributed by atoms with Gasteiger partial charge in [0.25, 0.3) is 0 Å². The van der Waals surface area contributed by atoms with Gasteiger partial charge in [-0.2, -0.15) is 0 Å². The highest BCUT2D eigenvalue weighted by atomic mass is 31.2. The first-order chi connectivity index (χ1) is 8.16. The van der Waals surface area contributed by atoms with Crippen LogP contribution in [0.3, 0.4) is 0 Å². The predicted molar refractivity (Wildman–Crippen MR) is 64.8 cm³/mol. The second-order valence-electron chi connectivity index (χ2n) is 3.66. The second-order valence-corrected chi connectivity index (χ2v) is 5.38. The molecule has 2 aromatic carbocycles. The van der Waals surface area contributed by atoms with Crippen molar-refractivity contribution in [3.05, 3.63) is 66.2 Å². The van der Waals surface area contributed by atoms with Gasteiger partial charge in [0.2, 0.25) is 0 Å². The van der Waals surface area contributed by atoms with Crippen molar-refractivity contribution in [1.82, 2.24) is 0 Å². The van der Waals surface area contributed by atoms with Crippen molar-refractivity contribution in [1.29, 1.82) is 0 Å². The van der Waals surface area contributed by atoms with Gasteiger partial charge in [-0.1, -0.05) is 48.5 Å². The van der Waals surface area contributed by atoms with E-state index < -0.39 is 7.60 Å². The minimum Gasteiger partial charge on any atom is -0.769 e. The molecular weight excluding hydrogens is 235 g/mol. The maximum Gasteiger partial charge on any atom is 0.188 e. The lowest BCUT2D eigenvalue weighted by molar-refractivity contribution is -0.191. The number of para-hydroxylation sites is 1. The fourth-order valence-electron chi connectivity index (χ4n) is 1.48. The molecule has 0 amide bonds. The third kappa shape index (κ3) is 3.74. The lowest BCUT2D eigenvalue weighted by atomic mass is 10.2. The standard InChI is InChI=1S/C13H13O3P/c14-17(15,11-12-7-3-1-4-8-12)16-13-9-5-2-6-10-13/h1-10H,11H2,(H,14,15)/p-1. The Balaban J connectivity index is 2.07. The summed E-state index contributed by atoms with van der Waals surface area (Å²) in [5, 5.41) is 0. The van der Waals surface area contributed by atoms with E-state index in [-0.39, 0.29) is 6.16 Å². The van der Waals surface area contributed by atoms with Gasteiger partial charge in [-0.05, 0) is 17.7 Å². The maximum atomic E-state index is 11.8. The summed E-state index contributed by atoms with van der Waals surface area (Å²) in [6, 6.07) is 17.5. The first kappa shape index (κ1) is 11.9. The Morgan fingerprint density at radius 2 is 1.47 bits per heavy atom. The molecule has 1 atom stereocenters. The van der Waals surface area contributed by atoms with Gasteiger partial charge in [-0.15, -0.1) is 0 Å². The zero-order chi connectivity index (χ0) is 12.1. The molecule has 2 aromatic rings. The van der Waals surface area contributed by atoms with E-state index in [2.05, 4.69) is 0 Å². The predicted octanol–water partition coefficient (Wildman–Crippen LogP) is 2.82. The van der Waals surface area contributed by atoms with Gasteiger partial charge in [0, 0.05) is 6.16 Å². The molecule has 3 nitrogen and oxygen atoms in total. The lowest BCUT2D eigenvalue weighted by Crippen LogP contribution is -2.09. The summed E-state index contributed by atoms with van der Waals surface area (Å²) in [7, 11) is -3.89. The monoisotopic (exact) mass is 247 g/mol. The molecule has 0 saturated carbocycles. The zero-order valence-corrected chi connectivity index (χ0v) is 10.0. The van der Waals surface area contributed by atoms with E-state index in [1.807, 2.05) is 6.07 Å². The Hall–Kier alpha value is -1.57. The van der Waals surface area contributed by atoms with Crippen molar-refractivity contribution < 1.29 is 14.0 Å². The summed E-state index contributed by atoms with van der Waals surface area (Å²) < 4.78 is 16.8. The third-order valence-electron chi connectivity index (χ3n) is 2.21. The van der Waals surface area contributed by atoms with Crippen LogP contribution in [0.25, 0.3) is 0 Å². The van der Waals surface area contributed by atoms with Crippen LogP contribution in [0.2, 0.25) is 0 Å². The van der Waals surface area contributed by atoms with Crippen LogP contribution >= 0.6 is 7.60 Å². The fourth-order valence-corrected chi connectivity index (χ4v) is 2.65. The van der Waals surface area contributed by atoms with Crippen LogP contribution in [0.1, 0.15) is 5.56 Å². The van der Waals surface area contributed by atoms with E-state index in [0.29, 0.717) is 5.75 Å². The Morgan fingerprint density at radius 1 is 0.941 bits per heavy atom. The molecule has 0 bridgehead atoms. The molecule has 17 heavy (non-hydrogen) atoms. The SMILES string of the molecule is O=P([O-])(Cc1ccccc1)Oc1ccccc1. The molecule has 0 N–H and O–H groups in total. The van der Waals surface area contributed by atoms with E-state index in [0.717, 1.165) is 5.56 Å². The van der Waals surface area contributed by atoms with E-state index in [1.165, 1.54) is 0 Å². The van der Waals surface area contributed by atoms with Crippen molar-refractivity contribution in [3.8, 4) is 5.75 Å². The van der Waals surface area contributed by atoms with Gasteiger partial charge in [-0.25, -0.2) is 0 Å². The molecule has 1 unspecified atom stereocenters. The molecule has 0 heterocycles. The molecule has 0 radical (unpaired) electrons. The average molecular weight is 247 g/mol. The van der Waals surface area contributed by atoms with Crippen molar-refractivity contribution in [2.24, 2.45) is 0 Å². The molecule has 4 heteroatoms. The van der Waals surface area contributed by atoms with E-state index >= 15 is 0 Å². The first-order valence-electron chi connectivity index (χ1n) is 5.24. The summed E-state index contributed by atoms with van der Waals surface area (Å²) in [6.07, 6.45) is -0.0945. The maximum absolute atomic E-state index is 11.8. The summed E-state index contributed by atoms with van der Waals surface area (Å²) >= 11 is 0. The lowest BCUT2D eigenvalue weighted by Gasteiger charge is -2.24. The van der Waals surface area contributed by atoms with Gasteiger partial charge in [0.15, 0.2) is 7.60 Å². The van der Waals surface area contributed by atoms with Gasteiger partial charge in [-0.3, -0.25) is 4.57 Å². The molecule has 0 spiro atoms. The third-order valence-corrected chi connectivity index (χ3v) is 3.45. The molecule has 0 saturated heterocycles. The van der Waals surface area contributed by atoms with Crippen molar-refractivity contribution in [2.45, 2.75) is 6.16 Å². The van der Waals surface area contributed by atoms with Crippen molar-refractivity contribution in [3.63, 3.8) is 0 Å². The quantitative estimate of drug-likeness (QED) is 0.780. The van der Waals surface area contributed by atoms with Gasteiger partial charge >= 0.3 is 0 Å². The highest BCUT2D eigenvalue weighted by Crippen LogP contribution is 2.41. The highest BCUT2D eigenvalue weighted by molar-refractivity contribution is 7.50. The van der Waals surface area contributed by atoms with Crippen molar-refractivity contribution in [2.75, 3.05) is 0 Å². The topological polar surface area (TPSA) is 49.4 Å². The molecule has 0 aliphatic rings. The van der Waals surface area contributed by atoms with E-state index in [1.54, 1.807) is 54.6 Å². The van der Waals surface area contributed by atoms with E-state index in [9.17, 15) is 9.46 Å². The summed E-state index contributed by atoms with van der Waals surface area (Å²) in [4.78, 5) is 11.8. The number of hydrogen-bond acceptors (Lipinski definition) is 3. The molecule has 0 aliphatic carbocycles. The number of hydrogen-bond donors (Lipinski definition) is 0. The average Bonchev–Trinajstić information content (AvgIpc) is 2.30. The van der Waals surface area contributed by atoms with Crippen LogP contribution in [0, 0.1) is 0 Å². The van der Waals surface area contributed by atoms with Crippen LogP contribution in [-0.2, 0) is 10.7 Å². The van der Waals surface area contributed by atoms with Crippen LogP contribution < -0.4 is 9.42 Å². The zero-order valence-electron chi connectivity index (χ0n) is 9.15. The van der Waals surface area contributed by atoms with Gasteiger partial charge < -0.3 is 9.42 Å². The van der Waals surface area contributed by atoms with Gasteiger partial charge in [0.05, 0.1) is 0 Å². The van der Waals surface area contributed by atoms with Crippen LogP contribution in [0.15, 0.2) is 60.7 Å². The minimum absolute atomic E-state index is 0.0945. The number of benzene rings is 2. The smallest absolute Gasteiger partial charge is 0.188 e. The minimum atomic E-state index is -3.89. The Bertz CT molecular complexity index is 465. The Labute approximate surface area is 100 Å². The molecule has 0 aliphatic heterocycles. The molecule has 0 fully saturated rings. The Morgan fingerprint density at radius 3 is 2.06 bits per heavy atom. The molecular formula is C13H12O3P-. The number of rotatable bonds is 4. The van der Waals surface area contributed by atoms with Crippen LogP contribution in [0.4, 0.5) is 0 Å². The fraction of sp³-hybridized carbons (Fsp3) is 0.0769. The summed E-state index contributed by atoms with van der Waals surface area (Å²) in [6.45, 7) is 0.